The fourth-order valence-corrected chi connectivity index (χ4v) is 3.85. The SMILES string of the molecule is OC(c1ccc(Br)s1)C1CCCCCC1. The molecule has 1 nitrogen and oxygen atoms in total. The Hall–Kier alpha value is 0.140. The molecule has 1 fully saturated rings. The molecule has 0 radical (unpaired) electrons. The molecule has 0 bridgehead atoms. The fraction of sp³-hybridized carbons (Fsp3) is 0.667. The van der Waals surface area contributed by atoms with Crippen molar-refractivity contribution in [2.24, 2.45) is 5.92 Å². The van der Waals surface area contributed by atoms with Crippen LogP contribution in [-0.2, 0) is 0 Å². The summed E-state index contributed by atoms with van der Waals surface area (Å²) in [6.07, 6.45) is 7.41. The Morgan fingerprint density at radius 2 is 1.87 bits per heavy atom. The van der Waals surface area contributed by atoms with Crippen molar-refractivity contribution in [2.45, 2.75) is 44.6 Å². The fourth-order valence-electron chi connectivity index (χ4n) is 2.35. The average Bonchev–Trinajstić information content (AvgIpc) is 2.53. The molecule has 1 aromatic heterocycles. The molecule has 1 aromatic rings. The van der Waals surface area contributed by atoms with Gasteiger partial charge in [-0.15, -0.1) is 11.3 Å². The van der Waals surface area contributed by atoms with Crippen molar-refractivity contribution < 1.29 is 5.11 Å². The van der Waals surface area contributed by atoms with Gasteiger partial charge < -0.3 is 5.11 Å². The molecule has 1 aliphatic carbocycles. The van der Waals surface area contributed by atoms with Crippen LogP contribution in [0, 0.1) is 5.92 Å². The first-order valence-electron chi connectivity index (χ1n) is 5.70. The maximum atomic E-state index is 10.3. The second kappa shape index (κ2) is 5.46. The predicted molar refractivity (Wildman–Crippen MR) is 68.2 cm³/mol. The summed E-state index contributed by atoms with van der Waals surface area (Å²) in [5, 5.41) is 10.3. The first kappa shape index (κ1) is 11.6. The summed E-state index contributed by atoms with van der Waals surface area (Å²) in [6.45, 7) is 0. The van der Waals surface area contributed by atoms with Gasteiger partial charge in [-0.3, -0.25) is 0 Å². The highest BCUT2D eigenvalue weighted by Crippen LogP contribution is 2.37. The minimum absolute atomic E-state index is 0.237. The van der Waals surface area contributed by atoms with E-state index in [0.29, 0.717) is 5.92 Å². The molecule has 0 saturated heterocycles. The van der Waals surface area contributed by atoms with Gasteiger partial charge in [0.15, 0.2) is 0 Å². The number of hydrogen-bond acceptors (Lipinski definition) is 2. The number of aliphatic hydroxyl groups excluding tert-OH is 1. The monoisotopic (exact) mass is 288 g/mol. The summed E-state index contributed by atoms with van der Waals surface area (Å²) < 4.78 is 1.12. The Kier molecular flexibility index (Phi) is 4.23. The van der Waals surface area contributed by atoms with Gasteiger partial charge >= 0.3 is 0 Å². The zero-order chi connectivity index (χ0) is 10.7. The normalized spacial score (nSPS) is 21.2. The first-order chi connectivity index (χ1) is 7.27. The van der Waals surface area contributed by atoms with E-state index in [-0.39, 0.29) is 6.10 Å². The van der Waals surface area contributed by atoms with Gasteiger partial charge in [-0.25, -0.2) is 0 Å². The summed E-state index contributed by atoms with van der Waals surface area (Å²) in [5.74, 6) is 0.484. The lowest BCUT2D eigenvalue weighted by molar-refractivity contribution is 0.102. The van der Waals surface area contributed by atoms with E-state index in [1.807, 2.05) is 12.1 Å². The summed E-state index contributed by atoms with van der Waals surface area (Å²) in [4.78, 5) is 1.12. The zero-order valence-corrected chi connectivity index (χ0v) is 11.2. The highest BCUT2D eigenvalue weighted by molar-refractivity contribution is 9.11. The Labute approximate surface area is 104 Å². The second-order valence-electron chi connectivity index (χ2n) is 4.34. The molecule has 1 N–H and O–H groups in total. The van der Waals surface area contributed by atoms with Crippen molar-refractivity contribution in [3.63, 3.8) is 0 Å². The van der Waals surface area contributed by atoms with Gasteiger partial charge in [0, 0.05) is 4.88 Å². The van der Waals surface area contributed by atoms with Crippen LogP contribution in [0.4, 0.5) is 0 Å². The summed E-state index contributed by atoms with van der Waals surface area (Å²) in [5.41, 5.74) is 0. The van der Waals surface area contributed by atoms with Gasteiger partial charge in [-0.05, 0) is 46.8 Å². The van der Waals surface area contributed by atoms with Gasteiger partial charge in [0.25, 0.3) is 0 Å². The van der Waals surface area contributed by atoms with Gasteiger partial charge in [-0.2, -0.15) is 0 Å². The number of halogens is 1. The zero-order valence-electron chi connectivity index (χ0n) is 8.79. The molecule has 1 heterocycles. The lowest BCUT2D eigenvalue weighted by Gasteiger charge is -2.19. The van der Waals surface area contributed by atoms with Crippen LogP contribution in [0.5, 0.6) is 0 Å². The number of thiophene rings is 1. The lowest BCUT2D eigenvalue weighted by Crippen LogP contribution is -2.10. The maximum Gasteiger partial charge on any atom is 0.0910 e. The highest BCUT2D eigenvalue weighted by Gasteiger charge is 2.23. The van der Waals surface area contributed by atoms with Crippen molar-refractivity contribution in [3.05, 3.63) is 20.8 Å². The number of aliphatic hydroxyl groups is 1. The van der Waals surface area contributed by atoms with E-state index in [2.05, 4.69) is 15.9 Å². The van der Waals surface area contributed by atoms with Crippen LogP contribution >= 0.6 is 27.3 Å². The van der Waals surface area contributed by atoms with Crippen LogP contribution in [0.1, 0.15) is 49.5 Å². The van der Waals surface area contributed by atoms with Crippen molar-refractivity contribution in [2.75, 3.05) is 0 Å². The second-order valence-corrected chi connectivity index (χ2v) is 6.83. The lowest BCUT2D eigenvalue weighted by atomic mass is 9.93. The minimum Gasteiger partial charge on any atom is -0.387 e. The molecule has 1 saturated carbocycles. The van der Waals surface area contributed by atoms with E-state index >= 15 is 0 Å². The van der Waals surface area contributed by atoms with Gasteiger partial charge in [-0.1, -0.05) is 25.7 Å². The van der Waals surface area contributed by atoms with Crippen LogP contribution < -0.4 is 0 Å². The Bertz CT molecular complexity index is 302. The van der Waals surface area contributed by atoms with E-state index in [4.69, 9.17) is 0 Å². The average molecular weight is 289 g/mol. The largest absolute Gasteiger partial charge is 0.387 e. The van der Waals surface area contributed by atoms with E-state index in [0.717, 1.165) is 8.66 Å². The third kappa shape index (κ3) is 3.05. The Morgan fingerprint density at radius 3 is 2.40 bits per heavy atom. The standard InChI is InChI=1S/C12H17BrOS/c13-11-8-7-10(15-11)12(14)9-5-3-1-2-4-6-9/h7-9,12,14H,1-6H2. The molecule has 0 amide bonds. The Morgan fingerprint density at radius 1 is 1.20 bits per heavy atom. The van der Waals surface area contributed by atoms with Crippen LogP contribution in [0.25, 0.3) is 0 Å². The van der Waals surface area contributed by atoms with Crippen molar-refractivity contribution in [3.8, 4) is 0 Å². The van der Waals surface area contributed by atoms with E-state index in [9.17, 15) is 5.11 Å². The van der Waals surface area contributed by atoms with Crippen molar-refractivity contribution >= 4 is 27.3 Å². The van der Waals surface area contributed by atoms with Crippen LogP contribution in [0.2, 0.25) is 0 Å². The van der Waals surface area contributed by atoms with Gasteiger partial charge in [0.1, 0.15) is 0 Å². The summed E-state index contributed by atoms with van der Waals surface area (Å²) >= 11 is 5.11. The topological polar surface area (TPSA) is 20.2 Å². The molecule has 1 unspecified atom stereocenters. The molecule has 0 spiro atoms. The molecule has 1 aliphatic rings. The van der Waals surface area contributed by atoms with Gasteiger partial charge in [0.05, 0.1) is 9.89 Å². The van der Waals surface area contributed by atoms with E-state index in [1.54, 1.807) is 11.3 Å². The van der Waals surface area contributed by atoms with Gasteiger partial charge in [0.2, 0.25) is 0 Å². The Balaban J connectivity index is 2.02. The van der Waals surface area contributed by atoms with Crippen LogP contribution in [0.15, 0.2) is 15.9 Å². The molecule has 15 heavy (non-hydrogen) atoms. The minimum atomic E-state index is -0.237. The molecule has 0 aromatic carbocycles. The van der Waals surface area contributed by atoms with Crippen LogP contribution in [-0.4, -0.2) is 5.11 Å². The van der Waals surface area contributed by atoms with Crippen molar-refractivity contribution in [1.29, 1.82) is 0 Å². The molecule has 1 atom stereocenters. The maximum absolute atomic E-state index is 10.3. The number of rotatable bonds is 2. The smallest absolute Gasteiger partial charge is 0.0910 e. The molecule has 0 aliphatic heterocycles. The predicted octanol–water partition coefficient (Wildman–Crippen LogP) is 4.51. The van der Waals surface area contributed by atoms with E-state index in [1.165, 1.54) is 38.5 Å². The number of hydrogen-bond donors (Lipinski definition) is 1. The highest BCUT2D eigenvalue weighted by atomic mass is 79.9. The molecule has 84 valence electrons. The molecular formula is C12H17BrOS. The molecule has 3 heteroatoms. The van der Waals surface area contributed by atoms with Crippen LogP contribution in [0.3, 0.4) is 0 Å². The van der Waals surface area contributed by atoms with E-state index < -0.39 is 0 Å². The third-order valence-corrected chi connectivity index (χ3v) is 4.93. The first-order valence-corrected chi connectivity index (χ1v) is 7.31. The summed E-state index contributed by atoms with van der Waals surface area (Å²) in [7, 11) is 0. The molecule has 2 rings (SSSR count). The quantitative estimate of drug-likeness (QED) is 0.794. The van der Waals surface area contributed by atoms with Crippen molar-refractivity contribution in [1.82, 2.24) is 0 Å². The molecular weight excluding hydrogens is 272 g/mol. The third-order valence-electron chi connectivity index (χ3n) is 3.23. The summed E-state index contributed by atoms with van der Waals surface area (Å²) in [6, 6.07) is 4.07.